The molecule has 0 saturated heterocycles. The molecular weight excluding hydrogens is 386 g/mol. The summed E-state index contributed by atoms with van der Waals surface area (Å²) in [4.78, 5) is 12.7. The zero-order chi connectivity index (χ0) is 21.9. The number of ketones is 1. The van der Waals surface area contributed by atoms with Crippen molar-refractivity contribution in [2.75, 3.05) is 11.9 Å². The third kappa shape index (κ3) is 7.25. The fourth-order valence-corrected chi connectivity index (χ4v) is 4.28. The number of nitrogens with one attached hydrogen (secondary N) is 1. The first-order valence-electron chi connectivity index (χ1n) is 11.4. The third-order valence-corrected chi connectivity index (χ3v) is 5.91. The van der Waals surface area contributed by atoms with E-state index in [1.807, 2.05) is 73.7 Å². The molecule has 0 heterocycles. The van der Waals surface area contributed by atoms with E-state index >= 15 is 0 Å². The van der Waals surface area contributed by atoms with Crippen molar-refractivity contribution in [3.8, 4) is 5.75 Å². The molecule has 2 aromatic carbocycles. The maximum absolute atomic E-state index is 12.7. The summed E-state index contributed by atoms with van der Waals surface area (Å²) in [6, 6.07) is 18.0. The largest absolute Gasteiger partial charge is 0.489 e. The average molecular weight is 422 g/mol. The number of hydrogen-bond donors (Lipinski definition) is 1. The van der Waals surface area contributed by atoms with Crippen molar-refractivity contribution in [1.82, 2.24) is 0 Å². The van der Waals surface area contributed by atoms with Gasteiger partial charge in [-0.3, -0.25) is 4.79 Å². The number of ether oxygens (including phenoxy) is 2. The summed E-state index contributed by atoms with van der Waals surface area (Å²) < 4.78 is 12.0. The van der Waals surface area contributed by atoms with E-state index in [2.05, 4.69) is 5.32 Å². The molecule has 1 N–H and O–H groups in total. The minimum atomic E-state index is -0.490. The summed E-state index contributed by atoms with van der Waals surface area (Å²) in [5, 5.41) is 3.65. The van der Waals surface area contributed by atoms with Crippen LogP contribution in [0.1, 0.15) is 51.5 Å². The van der Waals surface area contributed by atoms with Gasteiger partial charge in [-0.2, -0.15) is 0 Å². The molecular formula is C27H35NO3. The monoisotopic (exact) mass is 421 g/mol. The number of rotatable bonds is 11. The summed E-state index contributed by atoms with van der Waals surface area (Å²) >= 11 is 0. The first-order chi connectivity index (χ1) is 15.2. The number of benzene rings is 2. The summed E-state index contributed by atoms with van der Waals surface area (Å²) in [5.41, 5.74) is 2.04. The van der Waals surface area contributed by atoms with Crippen molar-refractivity contribution in [2.45, 2.75) is 64.7 Å². The molecule has 1 fully saturated rings. The van der Waals surface area contributed by atoms with Gasteiger partial charge in [0.15, 0.2) is 5.78 Å². The number of hydrogen-bond acceptors (Lipinski definition) is 4. The van der Waals surface area contributed by atoms with Crippen LogP contribution in [0.2, 0.25) is 0 Å². The molecule has 31 heavy (non-hydrogen) atoms. The Balaban J connectivity index is 1.77. The van der Waals surface area contributed by atoms with Crippen LogP contribution in [0.4, 0.5) is 5.69 Å². The van der Waals surface area contributed by atoms with E-state index in [-0.39, 0.29) is 11.8 Å². The topological polar surface area (TPSA) is 47.6 Å². The number of carbonyl (C=O) groups is 1. The molecule has 1 aliphatic carbocycles. The molecule has 0 radical (unpaired) electrons. The number of Topliss-reactive ketones (excluding diaryl/α,β-unsaturated/α-hetero) is 1. The Morgan fingerprint density at radius 2 is 1.87 bits per heavy atom. The molecule has 2 atom stereocenters. The molecule has 166 valence electrons. The van der Waals surface area contributed by atoms with Crippen molar-refractivity contribution in [3.05, 3.63) is 72.3 Å². The second kappa shape index (κ2) is 12.3. The Hall–Kier alpha value is -2.59. The highest BCUT2D eigenvalue weighted by Gasteiger charge is 2.34. The smallest absolute Gasteiger partial charge is 0.160 e. The molecule has 0 aromatic heterocycles. The van der Waals surface area contributed by atoms with Crippen LogP contribution in [0, 0.1) is 5.92 Å². The van der Waals surface area contributed by atoms with Gasteiger partial charge in [0, 0.05) is 11.8 Å². The summed E-state index contributed by atoms with van der Waals surface area (Å²) in [6.07, 6.45) is 9.39. The fraction of sp³-hybridized carbons (Fsp3) is 0.444. The lowest BCUT2D eigenvalue weighted by Crippen LogP contribution is -2.46. The van der Waals surface area contributed by atoms with Gasteiger partial charge >= 0.3 is 0 Å². The second-order valence-corrected chi connectivity index (χ2v) is 8.30. The molecule has 0 bridgehead atoms. The minimum Gasteiger partial charge on any atom is -0.489 e. The highest BCUT2D eigenvalue weighted by molar-refractivity contribution is 5.82. The minimum absolute atomic E-state index is 0.0627. The van der Waals surface area contributed by atoms with Crippen LogP contribution in [-0.4, -0.2) is 24.5 Å². The molecule has 1 saturated carbocycles. The highest BCUT2D eigenvalue weighted by atomic mass is 16.5. The van der Waals surface area contributed by atoms with Gasteiger partial charge in [0.1, 0.15) is 18.5 Å². The van der Waals surface area contributed by atoms with Crippen LogP contribution in [0.5, 0.6) is 5.75 Å². The summed E-state index contributed by atoms with van der Waals surface area (Å²) in [7, 11) is 0. The first-order valence-corrected chi connectivity index (χ1v) is 11.4. The van der Waals surface area contributed by atoms with E-state index in [1.165, 1.54) is 19.3 Å². The SMILES string of the molecule is C/C=C/COc1cccc(N[C@@H](C2CCCCC2)[C@H](OCc2ccccc2)C(C)=O)c1. The van der Waals surface area contributed by atoms with Gasteiger partial charge in [-0.1, -0.05) is 67.8 Å². The van der Waals surface area contributed by atoms with Crippen LogP contribution >= 0.6 is 0 Å². The Kier molecular flexibility index (Phi) is 9.16. The number of anilines is 1. The maximum Gasteiger partial charge on any atom is 0.160 e. The number of carbonyl (C=O) groups excluding carboxylic acids is 1. The van der Waals surface area contributed by atoms with Crippen LogP contribution in [0.25, 0.3) is 0 Å². The molecule has 3 rings (SSSR count). The van der Waals surface area contributed by atoms with E-state index in [0.29, 0.717) is 19.1 Å². The van der Waals surface area contributed by atoms with Crippen molar-refractivity contribution in [2.24, 2.45) is 5.92 Å². The Morgan fingerprint density at radius 3 is 2.58 bits per heavy atom. The molecule has 4 heteroatoms. The Morgan fingerprint density at radius 1 is 1.10 bits per heavy atom. The van der Waals surface area contributed by atoms with E-state index in [1.54, 1.807) is 6.92 Å². The molecule has 1 aliphatic rings. The number of allylic oxidation sites excluding steroid dienone is 1. The molecule has 0 spiro atoms. The standard InChI is InChI=1S/C27H35NO3/c1-3-4-18-30-25-17-11-16-24(19-25)28-26(23-14-9-6-10-15-23)27(21(2)29)31-20-22-12-7-5-8-13-22/h3-5,7-8,11-13,16-17,19,23,26-28H,6,9-10,14-15,18,20H2,1-2H3/b4-3+/t26-,27+/m0/s1. The van der Waals surface area contributed by atoms with Crippen LogP contribution in [-0.2, 0) is 16.1 Å². The molecule has 0 unspecified atom stereocenters. The van der Waals surface area contributed by atoms with Gasteiger partial charge < -0.3 is 14.8 Å². The fourth-order valence-electron chi connectivity index (χ4n) is 4.28. The van der Waals surface area contributed by atoms with E-state index in [4.69, 9.17) is 9.47 Å². The highest BCUT2D eigenvalue weighted by Crippen LogP contribution is 2.32. The van der Waals surface area contributed by atoms with Gasteiger partial charge in [0.25, 0.3) is 0 Å². The molecule has 2 aromatic rings. The van der Waals surface area contributed by atoms with E-state index in [9.17, 15) is 4.79 Å². The van der Waals surface area contributed by atoms with Crippen molar-refractivity contribution in [3.63, 3.8) is 0 Å². The summed E-state index contributed by atoms with van der Waals surface area (Å²) in [6.45, 7) is 4.60. The summed E-state index contributed by atoms with van der Waals surface area (Å²) in [5.74, 6) is 1.29. The van der Waals surface area contributed by atoms with Crippen molar-refractivity contribution in [1.29, 1.82) is 0 Å². The van der Waals surface area contributed by atoms with Gasteiger partial charge in [-0.15, -0.1) is 0 Å². The van der Waals surface area contributed by atoms with Crippen molar-refractivity contribution < 1.29 is 14.3 Å². The van der Waals surface area contributed by atoms with Gasteiger partial charge in [0.05, 0.1) is 12.6 Å². The second-order valence-electron chi connectivity index (χ2n) is 8.30. The zero-order valence-electron chi connectivity index (χ0n) is 18.8. The predicted molar refractivity (Wildman–Crippen MR) is 126 cm³/mol. The molecule has 0 amide bonds. The average Bonchev–Trinajstić information content (AvgIpc) is 2.80. The molecule has 4 nitrogen and oxygen atoms in total. The molecule has 0 aliphatic heterocycles. The first kappa shape index (κ1) is 23.1. The Bertz CT molecular complexity index is 827. The van der Waals surface area contributed by atoms with Crippen LogP contribution in [0.3, 0.4) is 0 Å². The normalized spacial score (nSPS) is 16.7. The van der Waals surface area contributed by atoms with Gasteiger partial charge in [-0.05, 0) is 50.3 Å². The lowest BCUT2D eigenvalue weighted by atomic mass is 9.80. The lowest BCUT2D eigenvalue weighted by Gasteiger charge is -2.36. The van der Waals surface area contributed by atoms with E-state index < -0.39 is 6.10 Å². The maximum atomic E-state index is 12.7. The predicted octanol–water partition coefficient (Wildman–Crippen LogP) is 6.18. The van der Waals surface area contributed by atoms with Crippen molar-refractivity contribution >= 4 is 11.5 Å². The van der Waals surface area contributed by atoms with E-state index in [0.717, 1.165) is 29.8 Å². The van der Waals surface area contributed by atoms with Gasteiger partial charge in [0.2, 0.25) is 0 Å². The van der Waals surface area contributed by atoms with Crippen LogP contribution in [0.15, 0.2) is 66.7 Å². The quantitative estimate of drug-likeness (QED) is 0.440. The lowest BCUT2D eigenvalue weighted by molar-refractivity contribution is -0.131. The Labute approximate surface area is 186 Å². The van der Waals surface area contributed by atoms with Crippen LogP contribution < -0.4 is 10.1 Å². The van der Waals surface area contributed by atoms with Gasteiger partial charge in [-0.25, -0.2) is 0 Å². The third-order valence-electron chi connectivity index (χ3n) is 5.91. The zero-order valence-corrected chi connectivity index (χ0v) is 18.8.